The second-order valence-electron chi connectivity index (χ2n) is 5.49. The average molecular weight is 378 g/mol. The molecule has 0 aromatic carbocycles. The number of nitriles is 1. The van der Waals surface area contributed by atoms with Crippen molar-refractivity contribution in [1.29, 1.82) is 5.26 Å². The van der Waals surface area contributed by atoms with Crippen LogP contribution < -0.4 is 9.63 Å². The summed E-state index contributed by atoms with van der Waals surface area (Å²) in [6.07, 6.45) is 5.30. The largest absolute Gasteiger partial charge is 0.619 e. The van der Waals surface area contributed by atoms with Gasteiger partial charge in [0.15, 0.2) is 12.4 Å². The summed E-state index contributed by atoms with van der Waals surface area (Å²) in [6, 6.07) is 7.43. The van der Waals surface area contributed by atoms with Crippen LogP contribution in [-0.2, 0) is 14.9 Å². The van der Waals surface area contributed by atoms with Gasteiger partial charge in [-0.3, -0.25) is 4.55 Å². The Hall–Kier alpha value is -2.74. The van der Waals surface area contributed by atoms with Gasteiger partial charge in [0.1, 0.15) is 11.9 Å². The first-order chi connectivity index (χ1) is 12.3. The van der Waals surface area contributed by atoms with Gasteiger partial charge in [-0.1, -0.05) is 0 Å². The highest BCUT2D eigenvalue weighted by Gasteiger charge is 2.17. The van der Waals surface area contributed by atoms with Crippen LogP contribution >= 0.6 is 0 Å². The van der Waals surface area contributed by atoms with Crippen LogP contribution in [0.1, 0.15) is 5.56 Å². The molecule has 138 valence electrons. The van der Waals surface area contributed by atoms with Crippen LogP contribution in [0.2, 0.25) is 0 Å². The van der Waals surface area contributed by atoms with Crippen molar-refractivity contribution in [2.45, 2.75) is 0 Å². The number of hydrogen-bond donors (Lipinski definition) is 1. The fraction of sp³-hybridized carbons (Fsp3) is 0.312. The first kappa shape index (κ1) is 19.6. The molecule has 3 rings (SSSR count). The van der Waals surface area contributed by atoms with Crippen LogP contribution in [-0.4, -0.2) is 50.5 Å². The van der Waals surface area contributed by atoms with Crippen LogP contribution in [0.4, 0.5) is 5.82 Å². The molecular formula is C16H18N4O5S. The highest BCUT2D eigenvalue weighted by Crippen LogP contribution is 2.24. The zero-order valence-corrected chi connectivity index (χ0v) is 14.9. The van der Waals surface area contributed by atoms with E-state index in [1.54, 1.807) is 18.3 Å². The lowest BCUT2D eigenvalue weighted by molar-refractivity contribution is -0.605. The van der Waals surface area contributed by atoms with Gasteiger partial charge in [-0.2, -0.15) is 18.4 Å². The minimum Gasteiger partial charge on any atom is -0.619 e. The van der Waals surface area contributed by atoms with Crippen LogP contribution in [0.5, 0.6) is 0 Å². The van der Waals surface area contributed by atoms with Crippen LogP contribution in [0.15, 0.2) is 36.8 Å². The Balaban J connectivity index is 0.000000431. The molecule has 2 aromatic heterocycles. The Bertz CT molecular complexity index is 880. The van der Waals surface area contributed by atoms with Gasteiger partial charge in [0.25, 0.3) is 10.1 Å². The standard InChI is InChI=1S/C15H14N4O2.CH4O3S/c16-10-13-9-14(12-1-3-19(20)4-2-12)11-17-15(13)18-5-7-21-8-6-18;1-5(2,3)4/h1-4,9,11H,5-8H2;1H3,(H,2,3,4). The van der Waals surface area contributed by atoms with Gasteiger partial charge in [0, 0.05) is 37.0 Å². The molecule has 0 bridgehead atoms. The fourth-order valence-corrected chi connectivity index (χ4v) is 2.33. The molecule has 26 heavy (non-hydrogen) atoms. The van der Waals surface area contributed by atoms with Gasteiger partial charge in [-0.05, 0) is 11.6 Å². The lowest BCUT2D eigenvalue weighted by atomic mass is 10.1. The Morgan fingerprint density at radius 3 is 2.42 bits per heavy atom. The number of rotatable bonds is 2. The van der Waals surface area contributed by atoms with E-state index in [4.69, 9.17) is 9.29 Å². The quantitative estimate of drug-likeness (QED) is 0.456. The maximum absolute atomic E-state index is 11.1. The zero-order chi connectivity index (χ0) is 19.2. The van der Waals surface area contributed by atoms with E-state index in [2.05, 4.69) is 16.0 Å². The van der Waals surface area contributed by atoms with Crippen LogP contribution in [0.3, 0.4) is 0 Å². The third-order valence-electron chi connectivity index (χ3n) is 3.43. The molecule has 3 heterocycles. The van der Waals surface area contributed by atoms with Crippen molar-refractivity contribution in [2.75, 3.05) is 37.5 Å². The van der Waals surface area contributed by atoms with Crippen LogP contribution in [0, 0.1) is 16.5 Å². The smallest absolute Gasteiger partial charge is 0.261 e. The second kappa shape index (κ2) is 8.57. The number of morpholine rings is 1. The maximum atomic E-state index is 11.1. The van der Waals surface area contributed by atoms with Crippen molar-refractivity contribution in [3.8, 4) is 17.2 Å². The molecule has 0 radical (unpaired) electrons. The SMILES string of the molecule is CS(=O)(=O)O.N#Cc1cc(-c2cc[n+]([O-])cc2)cnc1N1CCOCC1. The Kier molecular flexibility index (Phi) is 6.46. The summed E-state index contributed by atoms with van der Waals surface area (Å²) in [5.74, 6) is 0.694. The molecule has 9 nitrogen and oxygen atoms in total. The number of nitrogens with zero attached hydrogens (tertiary/aromatic N) is 4. The lowest BCUT2D eigenvalue weighted by Gasteiger charge is -2.28. The Morgan fingerprint density at radius 2 is 1.88 bits per heavy atom. The van der Waals surface area contributed by atoms with E-state index >= 15 is 0 Å². The molecular weight excluding hydrogens is 360 g/mol. The van der Waals surface area contributed by atoms with Gasteiger partial charge in [-0.15, -0.1) is 0 Å². The molecule has 0 amide bonds. The molecule has 0 aliphatic carbocycles. The Labute approximate surface area is 151 Å². The average Bonchev–Trinajstić information content (AvgIpc) is 2.61. The summed E-state index contributed by atoms with van der Waals surface area (Å²) in [6.45, 7) is 2.78. The van der Waals surface area contributed by atoms with Gasteiger partial charge < -0.3 is 14.8 Å². The molecule has 1 N–H and O–H groups in total. The van der Waals surface area contributed by atoms with Crippen molar-refractivity contribution in [1.82, 2.24) is 4.98 Å². The molecule has 0 saturated carbocycles. The second-order valence-corrected chi connectivity index (χ2v) is 6.95. The van der Waals surface area contributed by atoms with E-state index in [1.165, 1.54) is 12.4 Å². The van der Waals surface area contributed by atoms with Crippen LogP contribution in [0.25, 0.3) is 11.1 Å². The van der Waals surface area contributed by atoms with E-state index in [-0.39, 0.29) is 0 Å². The van der Waals surface area contributed by atoms with Gasteiger partial charge >= 0.3 is 0 Å². The summed E-state index contributed by atoms with van der Waals surface area (Å²) >= 11 is 0. The summed E-state index contributed by atoms with van der Waals surface area (Å²) < 4.78 is 31.9. The molecule has 1 saturated heterocycles. The monoisotopic (exact) mass is 378 g/mol. The predicted octanol–water partition coefficient (Wildman–Crippen LogP) is 0.594. The topological polar surface area (TPSA) is 130 Å². The van der Waals surface area contributed by atoms with Crippen molar-refractivity contribution in [2.24, 2.45) is 0 Å². The highest BCUT2D eigenvalue weighted by atomic mass is 32.2. The van der Waals surface area contributed by atoms with E-state index in [0.717, 1.165) is 28.9 Å². The van der Waals surface area contributed by atoms with E-state index in [9.17, 15) is 18.9 Å². The molecule has 1 aliphatic rings. The predicted molar refractivity (Wildman–Crippen MR) is 93.9 cm³/mol. The normalized spacial score (nSPS) is 14.1. The van der Waals surface area contributed by atoms with E-state index in [1.807, 2.05) is 6.07 Å². The third-order valence-corrected chi connectivity index (χ3v) is 3.43. The molecule has 0 atom stereocenters. The van der Waals surface area contributed by atoms with Crippen molar-refractivity contribution in [3.05, 3.63) is 47.6 Å². The minimum absolute atomic E-state index is 0.535. The maximum Gasteiger partial charge on any atom is 0.261 e. The third kappa shape index (κ3) is 5.96. The van der Waals surface area contributed by atoms with Crippen molar-refractivity contribution in [3.63, 3.8) is 0 Å². The number of hydrogen-bond acceptors (Lipinski definition) is 7. The number of aromatic nitrogens is 2. The number of ether oxygens (including phenoxy) is 1. The van der Waals surface area contributed by atoms with E-state index in [0.29, 0.717) is 30.9 Å². The first-order valence-corrected chi connectivity index (χ1v) is 9.47. The highest BCUT2D eigenvalue weighted by molar-refractivity contribution is 7.85. The molecule has 10 heteroatoms. The zero-order valence-electron chi connectivity index (χ0n) is 14.1. The fourth-order valence-electron chi connectivity index (χ4n) is 2.33. The lowest BCUT2D eigenvalue weighted by Crippen LogP contribution is -2.37. The summed E-state index contributed by atoms with van der Waals surface area (Å²) in [5, 5.41) is 20.4. The molecule has 1 fully saturated rings. The van der Waals surface area contributed by atoms with Crippen molar-refractivity contribution < 1.29 is 22.4 Å². The summed E-state index contributed by atoms with van der Waals surface area (Å²) in [5.41, 5.74) is 2.22. The molecule has 0 unspecified atom stereocenters. The molecule has 1 aliphatic heterocycles. The minimum atomic E-state index is -3.67. The number of pyridine rings is 2. The van der Waals surface area contributed by atoms with Crippen molar-refractivity contribution >= 4 is 15.9 Å². The molecule has 2 aromatic rings. The van der Waals surface area contributed by atoms with Gasteiger partial charge in [0.05, 0.1) is 25.0 Å². The Morgan fingerprint density at radius 1 is 1.31 bits per heavy atom. The van der Waals surface area contributed by atoms with Gasteiger partial charge in [-0.25, -0.2) is 4.98 Å². The molecule has 0 spiro atoms. The first-order valence-electron chi connectivity index (χ1n) is 7.62. The van der Waals surface area contributed by atoms with Gasteiger partial charge in [0.2, 0.25) is 0 Å². The summed E-state index contributed by atoms with van der Waals surface area (Å²) in [7, 11) is -3.67. The number of anilines is 1. The van der Waals surface area contributed by atoms with E-state index < -0.39 is 10.1 Å². The summed E-state index contributed by atoms with van der Waals surface area (Å²) in [4.78, 5) is 6.49.